The average molecular weight is 417 g/mol. The Morgan fingerprint density at radius 2 is 1.86 bits per heavy atom. The minimum Gasteiger partial charge on any atom is -0.325 e. The standard InChI is InChI=1S/C19H20N4O3S2/c1-3-23-18(14-8-5-4-6-9-14)21-22-19(23)27-13-17(24)20-15-10-7-11-16(12-15)28(2,25)26/h4-12H,3,13H2,1-2H3,(H,20,24). The van der Waals surface area contributed by atoms with Crippen molar-refractivity contribution in [2.45, 2.75) is 23.5 Å². The first-order valence-corrected chi connectivity index (χ1v) is 11.5. The lowest BCUT2D eigenvalue weighted by Gasteiger charge is -2.08. The van der Waals surface area contributed by atoms with E-state index >= 15 is 0 Å². The maximum absolute atomic E-state index is 12.3. The number of anilines is 1. The molecule has 0 aliphatic rings. The summed E-state index contributed by atoms with van der Waals surface area (Å²) in [6.45, 7) is 2.67. The van der Waals surface area contributed by atoms with Gasteiger partial charge in [0.25, 0.3) is 0 Å². The van der Waals surface area contributed by atoms with Crippen LogP contribution in [0.3, 0.4) is 0 Å². The van der Waals surface area contributed by atoms with Gasteiger partial charge in [0.2, 0.25) is 5.91 Å². The number of aromatic nitrogens is 3. The van der Waals surface area contributed by atoms with E-state index < -0.39 is 9.84 Å². The summed E-state index contributed by atoms with van der Waals surface area (Å²) in [6, 6.07) is 15.9. The van der Waals surface area contributed by atoms with Gasteiger partial charge >= 0.3 is 0 Å². The van der Waals surface area contributed by atoms with Gasteiger partial charge in [0, 0.05) is 24.1 Å². The van der Waals surface area contributed by atoms with Crippen molar-refractivity contribution < 1.29 is 13.2 Å². The molecule has 2 aromatic carbocycles. The van der Waals surface area contributed by atoms with Gasteiger partial charge in [-0.3, -0.25) is 4.79 Å². The van der Waals surface area contributed by atoms with E-state index in [1.54, 1.807) is 12.1 Å². The molecule has 1 amide bonds. The Labute approximate surface area is 168 Å². The molecule has 0 saturated heterocycles. The Bertz CT molecular complexity index is 1080. The van der Waals surface area contributed by atoms with Crippen LogP contribution in [-0.4, -0.2) is 41.1 Å². The van der Waals surface area contributed by atoms with Crippen molar-refractivity contribution in [1.29, 1.82) is 0 Å². The van der Waals surface area contributed by atoms with Gasteiger partial charge in [-0.15, -0.1) is 10.2 Å². The summed E-state index contributed by atoms with van der Waals surface area (Å²) in [7, 11) is -3.33. The second kappa shape index (κ2) is 8.57. The molecule has 7 nitrogen and oxygen atoms in total. The number of amides is 1. The topological polar surface area (TPSA) is 94.0 Å². The lowest BCUT2D eigenvalue weighted by molar-refractivity contribution is -0.113. The highest BCUT2D eigenvalue weighted by Crippen LogP contribution is 2.24. The molecular formula is C19H20N4O3S2. The molecule has 0 unspecified atom stereocenters. The Kier molecular flexibility index (Phi) is 6.15. The summed E-state index contributed by atoms with van der Waals surface area (Å²) in [6.07, 6.45) is 1.13. The fourth-order valence-corrected chi connectivity index (χ4v) is 4.08. The van der Waals surface area contributed by atoms with Gasteiger partial charge in [0.05, 0.1) is 10.6 Å². The third-order valence-electron chi connectivity index (χ3n) is 3.94. The zero-order valence-corrected chi connectivity index (χ0v) is 17.1. The lowest BCUT2D eigenvalue weighted by Crippen LogP contribution is -2.15. The maximum Gasteiger partial charge on any atom is 0.234 e. The van der Waals surface area contributed by atoms with Crippen molar-refractivity contribution in [1.82, 2.24) is 14.8 Å². The van der Waals surface area contributed by atoms with Gasteiger partial charge in [-0.2, -0.15) is 0 Å². The maximum atomic E-state index is 12.3. The van der Waals surface area contributed by atoms with Crippen LogP contribution in [0.5, 0.6) is 0 Å². The summed E-state index contributed by atoms with van der Waals surface area (Å²) in [5, 5.41) is 11.8. The van der Waals surface area contributed by atoms with Crippen molar-refractivity contribution in [2.24, 2.45) is 0 Å². The van der Waals surface area contributed by atoms with E-state index in [9.17, 15) is 13.2 Å². The number of carbonyl (C=O) groups is 1. The van der Waals surface area contributed by atoms with E-state index in [4.69, 9.17) is 0 Å². The molecule has 0 saturated carbocycles. The predicted molar refractivity (Wildman–Crippen MR) is 110 cm³/mol. The minimum absolute atomic E-state index is 0.135. The van der Waals surface area contributed by atoms with Crippen LogP contribution < -0.4 is 5.32 Å². The van der Waals surface area contributed by atoms with Crippen LogP contribution >= 0.6 is 11.8 Å². The monoisotopic (exact) mass is 416 g/mol. The van der Waals surface area contributed by atoms with Gasteiger partial charge in [0.1, 0.15) is 0 Å². The molecule has 0 aliphatic heterocycles. The van der Waals surface area contributed by atoms with Crippen LogP contribution in [0, 0.1) is 0 Å². The smallest absolute Gasteiger partial charge is 0.234 e. The summed E-state index contributed by atoms with van der Waals surface area (Å²) in [5.41, 5.74) is 1.40. The largest absolute Gasteiger partial charge is 0.325 e. The van der Waals surface area contributed by atoms with E-state index in [1.165, 1.54) is 23.9 Å². The number of rotatable bonds is 7. The Hall–Kier alpha value is -2.65. The SMILES string of the molecule is CCn1c(SCC(=O)Nc2cccc(S(C)(=O)=O)c2)nnc1-c1ccccc1. The molecule has 1 heterocycles. The normalized spacial score (nSPS) is 11.4. The average Bonchev–Trinajstić information content (AvgIpc) is 3.09. The predicted octanol–water partition coefficient (Wildman–Crippen LogP) is 3.10. The highest BCUT2D eigenvalue weighted by molar-refractivity contribution is 7.99. The summed E-state index contributed by atoms with van der Waals surface area (Å²) < 4.78 is 25.2. The van der Waals surface area contributed by atoms with Gasteiger partial charge in [-0.1, -0.05) is 48.2 Å². The Morgan fingerprint density at radius 1 is 1.11 bits per heavy atom. The molecule has 1 N–H and O–H groups in total. The molecule has 1 aromatic heterocycles. The van der Waals surface area contributed by atoms with E-state index in [1.807, 2.05) is 41.8 Å². The number of carbonyl (C=O) groups excluding carboxylic acids is 1. The molecule has 3 rings (SSSR count). The van der Waals surface area contributed by atoms with E-state index in [2.05, 4.69) is 15.5 Å². The lowest BCUT2D eigenvalue weighted by atomic mass is 10.2. The third kappa shape index (κ3) is 4.79. The third-order valence-corrected chi connectivity index (χ3v) is 6.02. The van der Waals surface area contributed by atoms with Crippen LogP contribution in [0.15, 0.2) is 64.6 Å². The first-order valence-electron chi connectivity index (χ1n) is 8.60. The van der Waals surface area contributed by atoms with Gasteiger partial charge in [-0.25, -0.2) is 8.42 Å². The second-order valence-corrected chi connectivity index (χ2v) is 9.01. The number of benzene rings is 2. The highest BCUT2D eigenvalue weighted by Gasteiger charge is 2.15. The zero-order chi connectivity index (χ0) is 20.1. The van der Waals surface area contributed by atoms with Crippen molar-refractivity contribution in [3.8, 4) is 11.4 Å². The minimum atomic E-state index is -3.33. The zero-order valence-electron chi connectivity index (χ0n) is 15.5. The number of nitrogens with one attached hydrogen (secondary N) is 1. The Balaban J connectivity index is 1.68. The Morgan fingerprint density at radius 3 is 2.54 bits per heavy atom. The van der Waals surface area contributed by atoms with Crippen LogP contribution in [-0.2, 0) is 21.2 Å². The van der Waals surface area contributed by atoms with E-state index in [-0.39, 0.29) is 16.6 Å². The van der Waals surface area contributed by atoms with Gasteiger partial charge in [-0.05, 0) is 25.1 Å². The van der Waals surface area contributed by atoms with Gasteiger partial charge in [0.15, 0.2) is 20.8 Å². The number of hydrogen-bond acceptors (Lipinski definition) is 6. The molecule has 0 aliphatic carbocycles. The molecule has 0 fully saturated rings. The molecule has 9 heteroatoms. The molecule has 0 radical (unpaired) electrons. The highest BCUT2D eigenvalue weighted by atomic mass is 32.2. The molecule has 146 valence electrons. The molecule has 28 heavy (non-hydrogen) atoms. The molecule has 0 spiro atoms. The number of nitrogens with zero attached hydrogens (tertiary/aromatic N) is 3. The quantitative estimate of drug-likeness (QED) is 0.595. The van der Waals surface area contributed by atoms with E-state index in [0.717, 1.165) is 17.6 Å². The first-order chi connectivity index (χ1) is 13.4. The van der Waals surface area contributed by atoms with Crippen molar-refractivity contribution in [2.75, 3.05) is 17.3 Å². The van der Waals surface area contributed by atoms with Crippen LogP contribution in [0.4, 0.5) is 5.69 Å². The number of thioether (sulfide) groups is 1. The molecule has 3 aromatic rings. The molecular weight excluding hydrogens is 396 g/mol. The number of hydrogen-bond donors (Lipinski definition) is 1. The fraction of sp³-hybridized carbons (Fsp3) is 0.211. The molecule has 0 atom stereocenters. The summed E-state index contributed by atoms with van der Waals surface area (Å²) >= 11 is 1.28. The van der Waals surface area contributed by atoms with Crippen LogP contribution in [0.25, 0.3) is 11.4 Å². The molecule has 0 bridgehead atoms. The van der Waals surface area contributed by atoms with Crippen molar-refractivity contribution >= 4 is 33.2 Å². The fourth-order valence-electron chi connectivity index (χ4n) is 2.61. The van der Waals surface area contributed by atoms with Crippen molar-refractivity contribution in [3.63, 3.8) is 0 Å². The summed E-state index contributed by atoms with van der Waals surface area (Å²) in [5.74, 6) is 0.644. The van der Waals surface area contributed by atoms with E-state index in [0.29, 0.717) is 17.4 Å². The van der Waals surface area contributed by atoms with Gasteiger partial charge < -0.3 is 9.88 Å². The number of sulfone groups is 1. The first kappa shape index (κ1) is 20.1. The van der Waals surface area contributed by atoms with Crippen LogP contribution in [0.2, 0.25) is 0 Å². The summed E-state index contributed by atoms with van der Waals surface area (Å²) in [4.78, 5) is 12.4. The second-order valence-electron chi connectivity index (χ2n) is 6.05. The van der Waals surface area contributed by atoms with Crippen molar-refractivity contribution in [3.05, 3.63) is 54.6 Å². The van der Waals surface area contributed by atoms with Crippen LogP contribution in [0.1, 0.15) is 6.92 Å².